The van der Waals surface area contributed by atoms with Crippen molar-refractivity contribution in [3.05, 3.63) is 35.5 Å². The topological polar surface area (TPSA) is 69.0 Å². The van der Waals surface area contributed by atoms with Crippen molar-refractivity contribution in [1.29, 1.82) is 0 Å². The van der Waals surface area contributed by atoms with Crippen LogP contribution in [0.25, 0.3) is 11.3 Å². The molecular weight excluding hydrogens is 364 g/mol. The lowest BCUT2D eigenvalue weighted by atomic mass is 9.96. The molecule has 1 amide bonds. The van der Waals surface area contributed by atoms with Crippen LogP contribution in [0.1, 0.15) is 51.2 Å². The largest absolute Gasteiger partial charge is 0.376 e. The Kier molecular flexibility index (Phi) is 6.71. The van der Waals surface area contributed by atoms with E-state index in [0.717, 1.165) is 48.4 Å². The third kappa shape index (κ3) is 5.91. The van der Waals surface area contributed by atoms with Gasteiger partial charge in [0, 0.05) is 23.1 Å². The molecule has 0 saturated carbocycles. The number of carbonyl (C=O) groups excluding carboxylic acids is 1. The standard InChI is InChI=1S/C23H30N4O2/c1-17-14-18(8-7-12-24-22(28)23(2,3)4)10-11-20(17)21-16-27(26-25-21)15-19-9-5-6-13-29-19/h10-11,14,16,19H,5-6,9,12-13,15H2,1-4H3,(H,24,28)/t19-/m1/s1. The summed E-state index contributed by atoms with van der Waals surface area (Å²) in [4.78, 5) is 11.9. The lowest BCUT2D eigenvalue weighted by Crippen LogP contribution is -2.34. The molecule has 0 bridgehead atoms. The van der Waals surface area contributed by atoms with Crippen molar-refractivity contribution in [3.63, 3.8) is 0 Å². The quantitative estimate of drug-likeness (QED) is 0.808. The molecule has 0 radical (unpaired) electrons. The zero-order valence-electron chi connectivity index (χ0n) is 17.8. The molecule has 6 nitrogen and oxygen atoms in total. The molecule has 0 aliphatic carbocycles. The van der Waals surface area contributed by atoms with E-state index in [4.69, 9.17) is 4.74 Å². The summed E-state index contributed by atoms with van der Waals surface area (Å²) in [6.07, 6.45) is 5.66. The molecule has 1 aliphatic rings. The summed E-state index contributed by atoms with van der Waals surface area (Å²) in [5.41, 5.74) is 3.51. The van der Waals surface area contributed by atoms with Crippen molar-refractivity contribution in [2.75, 3.05) is 13.2 Å². The summed E-state index contributed by atoms with van der Waals surface area (Å²) in [5, 5.41) is 11.4. The molecule has 1 aromatic carbocycles. The van der Waals surface area contributed by atoms with Gasteiger partial charge in [-0.25, -0.2) is 4.68 Å². The first-order chi connectivity index (χ1) is 13.8. The number of rotatable bonds is 4. The number of amides is 1. The molecule has 1 aliphatic heterocycles. The first-order valence-electron chi connectivity index (χ1n) is 10.2. The lowest BCUT2D eigenvalue weighted by Gasteiger charge is -2.21. The van der Waals surface area contributed by atoms with Crippen LogP contribution in [-0.4, -0.2) is 40.2 Å². The maximum atomic E-state index is 11.9. The first-order valence-corrected chi connectivity index (χ1v) is 10.2. The molecule has 29 heavy (non-hydrogen) atoms. The summed E-state index contributed by atoms with van der Waals surface area (Å²) in [5.74, 6) is 6.12. The van der Waals surface area contributed by atoms with Crippen molar-refractivity contribution in [2.24, 2.45) is 5.41 Å². The van der Waals surface area contributed by atoms with Gasteiger partial charge in [-0.3, -0.25) is 4.79 Å². The fourth-order valence-electron chi connectivity index (χ4n) is 3.24. The van der Waals surface area contributed by atoms with Gasteiger partial charge in [-0.15, -0.1) is 5.10 Å². The van der Waals surface area contributed by atoms with E-state index in [1.54, 1.807) is 0 Å². The fourth-order valence-corrected chi connectivity index (χ4v) is 3.24. The predicted octanol–water partition coefficient (Wildman–Crippen LogP) is 3.34. The van der Waals surface area contributed by atoms with E-state index < -0.39 is 5.41 Å². The molecule has 1 atom stereocenters. The van der Waals surface area contributed by atoms with Gasteiger partial charge < -0.3 is 10.1 Å². The van der Waals surface area contributed by atoms with Gasteiger partial charge in [0.2, 0.25) is 5.91 Å². The van der Waals surface area contributed by atoms with Gasteiger partial charge in [0.05, 0.1) is 25.4 Å². The SMILES string of the molecule is Cc1cc(C#CCNC(=O)C(C)(C)C)ccc1-c1cn(C[C@H]2CCCCO2)nn1. The van der Waals surface area contributed by atoms with E-state index in [1.165, 1.54) is 6.42 Å². The van der Waals surface area contributed by atoms with Crippen LogP contribution in [0.4, 0.5) is 0 Å². The lowest BCUT2D eigenvalue weighted by molar-refractivity contribution is -0.128. The third-order valence-corrected chi connectivity index (χ3v) is 4.96. The molecule has 0 spiro atoms. The molecule has 1 fully saturated rings. The van der Waals surface area contributed by atoms with Crippen molar-refractivity contribution < 1.29 is 9.53 Å². The zero-order chi connectivity index (χ0) is 20.9. The van der Waals surface area contributed by atoms with Crippen LogP contribution in [0.15, 0.2) is 24.4 Å². The minimum atomic E-state index is -0.402. The number of aromatic nitrogens is 3. The second kappa shape index (κ2) is 9.23. The third-order valence-electron chi connectivity index (χ3n) is 4.96. The van der Waals surface area contributed by atoms with Gasteiger partial charge in [0.15, 0.2) is 0 Å². The fraction of sp³-hybridized carbons (Fsp3) is 0.522. The van der Waals surface area contributed by atoms with Crippen molar-refractivity contribution in [1.82, 2.24) is 20.3 Å². The molecule has 2 heterocycles. The number of nitrogens with one attached hydrogen (secondary N) is 1. The highest BCUT2D eigenvalue weighted by Crippen LogP contribution is 2.22. The van der Waals surface area contributed by atoms with Crippen molar-refractivity contribution in [2.45, 2.75) is 59.6 Å². The molecule has 1 aromatic heterocycles. The number of aryl methyl sites for hydroxylation is 1. The van der Waals surface area contributed by atoms with Gasteiger partial charge in [-0.05, 0) is 43.9 Å². The summed E-state index contributed by atoms with van der Waals surface area (Å²) in [6.45, 7) is 9.63. The van der Waals surface area contributed by atoms with Crippen LogP contribution in [0.5, 0.6) is 0 Å². The Hall–Kier alpha value is -2.65. The maximum absolute atomic E-state index is 11.9. The minimum Gasteiger partial charge on any atom is -0.376 e. The van der Waals surface area contributed by atoms with Crippen LogP contribution in [0, 0.1) is 24.2 Å². The summed E-state index contributed by atoms with van der Waals surface area (Å²) in [6, 6.07) is 6.04. The maximum Gasteiger partial charge on any atom is 0.226 e. The first kappa shape index (κ1) is 21.1. The molecule has 0 unspecified atom stereocenters. The predicted molar refractivity (Wildman–Crippen MR) is 113 cm³/mol. The number of nitrogens with zero attached hydrogens (tertiary/aromatic N) is 3. The average Bonchev–Trinajstić information content (AvgIpc) is 3.13. The van der Waals surface area contributed by atoms with Crippen molar-refractivity contribution in [3.8, 4) is 23.1 Å². The Balaban J connectivity index is 1.61. The van der Waals surface area contributed by atoms with E-state index in [1.807, 2.05) is 56.8 Å². The minimum absolute atomic E-state index is 0.0000385. The molecule has 2 aromatic rings. The van der Waals surface area contributed by atoms with Gasteiger partial charge in [-0.2, -0.15) is 0 Å². The molecular formula is C23H30N4O2. The van der Waals surface area contributed by atoms with Crippen LogP contribution >= 0.6 is 0 Å². The Morgan fingerprint density at radius 3 is 2.86 bits per heavy atom. The van der Waals surface area contributed by atoms with Crippen LogP contribution < -0.4 is 5.32 Å². The van der Waals surface area contributed by atoms with E-state index in [2.05, 4.69) is 27.5 Å². The van der Waals surface area contributed by atoms with E-state index in [9.17, 15) is 4.79 Å². The van der Waals surface area contributed by atoms with Gasteiger partial charge in [-0.1, -0.05) is 43.9 Å². The van der Waals surface area contributed by atoms with Gasteiger partial charge in [0.25, 0.3) is 0 Å². The Labute approximate surface area is 173 Å². The molecule has 3 rings (SSSR count). The highest BCUT2D eigenvalue weighted by Gasteiger charge is 2.20. The number of hydrogen-bond donors (Lipinski definition) is 1. The molecule has 6 heteroatoms. The number of carbonyl (C=O) groups is 1. The monoisotopic (exact) mass is 394 g/mol. The van der Waals surface area contributed by atoms with E-state index >= 15 is 0 Å². The van der Waals surface area contributed by atoms with Gasteiger partial charge in [0.1, 0.15) is 5.69 Å². The van der Waals surface area contributed by atoms with Crippen LogP contribution in [0.2, 0.25) is 0 Å². The van der Waals surface area contributed by atoms with Crippen molar-refractivity contribution >= 4 is 5.91 Å². The highest BCUT2D eigenvalue weighted by atomic mass is 16.5. The average molecular weight is 395 g/mol. The van der Waals surface area contributed by atoms with Crippen LogP contribution in [0.3, 0.4) is 0 Å². The molecule has 1 N–H and O–H groups in total. The zero-order valence-corrected chi connectivity index (χ0v) is 17.8. The smallest absolute Gasteiger partial charge is 0.226 e. The highest BCUT2D eigenvalue weighted by molar-refractivity contribution is 5.81. The normalized spacial score (nSPS) is 16.8. The summed E-state index contributed by atoms with van der Waals surface area (Å²) < 4.78 is 7.66. The Morgan fingerprint density at radius 2 is 2.17 bits per heavy atom. The van der Waals surface area contributed by atoms with E-state index in [0.29, 0.717) is 6.54 Å². The summed E-state index contributed by atoms with van der Waals surface area (Å²) in [7, 11) is 0. The second-order valence-corrected chi connectivity index (χ2v) is 8.58. The van der Waals surface area contributed by atoms with Gasteiger partial charge >= 0.3 is 0 Å². The second-order valence-electron chi connectivity index (χ2n) is 8.58. The Bertz CT molecular complexity index is 909. The Morgan fingerprint density at radius 1 is 1.34 bits per heavy atom. The van der Waals surface area contributed by atoms with E-state index in [-0.39, 0.29) is 12.0 Å². The molecule has 154 valence electrons. The number of hydrogen-bond acceptors (Lipinski definition) is 4. The molecule has 1 saturated heterocycles. The number of ether oxygens (including phenoxy) is 1. The summed E-state index contributed by atoms with van der Waals surface area (Å²) >= 11 is 0. The number of benzene rings is 1. The van der Waals surface area contributed by atoms with Crippen LogP contribution in [-0.2, 0) is 16.1 Å².